The van der Waals surface area contributed by atoms with Crippen LogP contribution in [0.1, 0.15) is 51.5 Å². The van der Waals surface area contributed by atoms with Crippen LogP contribution in [0.5, 0.6) is 0 Å². The van der Waals surface area contributed by atoms with Gasteiger partial charge in [-0.05, 0) is 70.1 Å². The molecule has 1 aliphatic carbocycles. The number of benzene rings is 1. The molecule has 1 aromatic carbocycles. The third kappa shape index (κ3) is 4.86. The highest BCUT2D eigenvalue weighted by molar-refractivity contribution is 6.30. The normalized spacial score (nSPS) is 19.5. The molecule has 1 aromatic rings. The molecule has 0 spiro atoms. The number of hydrogen-bond acceptors (Lipinski definition) is 3. The van der Waals surface area contributed by atoms with Crippen LogP contribution in [0.25, 0.3) is 0 Å². The Morgan fingerprint density at radius 2 is 1.84 bits per heavy atom. The lowest BCUT2D eigenvalue weighted by atomic mass is 9.89. The molecule has 1 heterocycles. The highest BCUT2D eigenvalue weighted by atomic mass is 35.5. The lowest BCUT2D eigenvalue weighted by Gasteiger charge is -2.38. The lowest BCUT2D eigenvalue weighted by molar-refractivity contribution is -0.119. The van der Waals surface area contributed by atoms with Crippen molar-refractivity contribution in [2.75, 3.05) is 13.1 Å². The van der Waals surface area contributed by atoms with Crippen LogP contribution >= 0.6 is 11.6 Å². The zero-order valence-electron chi connectivity index (χ0n) is 15.4. The van der Waals surface area contributed by atoms with Gasteiger partial charge in [0.25, 0.3) is 0 Å². The van der Waals surface area contributed by atoms with Gasteiger partial charge >= 0.3 is 0 Å². The van der Waals surface area contributed by atoms with Crippen molar-refractivity contribution in [3.05, 3.63) is 46.1 Å². The molecule has 3 rings (SSSR count). The Labute approximate surface area is 156 Å². The Morgan fingerprint density at radius 1 is 1.20 bits per heavy atom. The van der Waals surface area contributed by atoms with Gasteiger partial charge in [0.15, 0.2) is 0 Å². The summed E-state index contributed by atoms with van der Waals surface area (Å²) >= 11 is 5.95. The monoisotopic (exact) mass is 360 g/mol. The van der Waals surface area contributed by atoms with Crippen molar-refractivity contribution in [1.29, 1.82) is 0 Å². The summed E-state index contributed by atoms with van der Waals surface area (Å²) in [6.07, 6.45) is 6.88. The molecule has 136 valence electrons. The number of piperidine rings is 1. The molecule has 2 aliphatic rings. The fourth-order valence-corrected chi connectivity index (χ4v) is 3.91. The summed E-state index contributed by atoms with van der Waals surface area (Å²) in [7, 11) is 0. The summed E-state index contributed by atoms with van der Waals surface area (Å²) in [6.45, 7) is 6.16. The third-order valence-electron chi connectivity index (χ3n) is 5.72. The van der Waals surface area contributed by atoms with E-state index >= 15 is 0 Å². The lowest BCUT2D eigenvalue weighted by Crippen LogP contribution is -2.49. The minimum atomic E-state index is -0.108. The Hall–Kier alpha value is -1.32. The first-order valence-corrected chi connectivity index (χ1v) is 9.85. The maximum atomic E-state index is 12.1. The average molecular weight is 361 g/mol. The van der Waals surface area contributed by atoms with E-state index in [4.69, 9.17) is 11.6 Å². The molecule has 1 N–H and O–H groups in total. The van der Waals surface area contributed by atoms with Gasteiger partial charge in [-0.15, -0.1) is 0 Å². The van der Waals surface area contributed by atoms with E-state index in [2.05, 4.69) is 17.1 Å². The summed E-state index contributed by atoms with van der Waals surface area (Å²) in [5.41, 5.74) is 4.31. The number of hydrogen-bond donors (Lipinski definition) is 1. The van der Waals surface area contributed by atoms with E-state index in [1.165, 1.54) is 25.0 Å². The number of Topliss-reactive ketones (excluding diaryl/α,β-unsaturated/α-hetero) is 1. The zero-order valence-corrected chi connectivity index (χ0v) is 16.1. The van der Waals surface area contributed by atoms with Gasteiger partial charge in [0, 0.05) is 29.9 Å². The van der Waals surface area contributed by atoms with Crippen LogP contribution < -0.4 is 5.32 Å². The van der Waals surface area contributed by atoms with Crippen LogP contribution in [0, 0.1) is 0 Å². The number of allylic oxidation sites excluding steroid dienone is 2. The predicted molar refractivity (Wildman–Crippen MR) is 104 cm³/mol. The van der Waals surface area contributed by atoms with Gasteiger partial charge in [-0.1, -0.05) is 29.3 Å². The standard InChI is InChI=1S/C21H29ClN2O/c1-15(18-4-3-5-18)24-12-10-20(11-13-24)23-21(16(2)25)14-17-6-8-19(22)9-7-17/h6-9,20-21,23H,3-5,10-14H2,1-2H3/t21-/m1/s1. The Kier molecular flexibility index (Phi) is 6.19. The van der Waals surface area contributed by atoms with E-state index in [9.17, 15) is 4.79 Å². The van der Waals surface area contributed by atoms with Crippen LogP contribution in [0.3, 0.4) is 0 Å². The van der Waals surface area contributed by atoms with Crippen molar-refractivity contribution in [3.8, 4) is 0 Å². The number of ketones is 1. The number of likely N-dealkylation sites (tertiary alicyclic amines) is 1. The number of carbonyl (C=O) groups is 1. The summed E-state index contributed by atoms with van der Waals surface area (Å²) in [4.78, 5) is 14.6. The highest BCUT2D eigenvalue weighted by Crippen LogP contribution is 2.31. The molecule has 1 aliphatic heterocycles. The van der Waals surface area contributed by atoms with E-state index in [0.717, 1.165) is 42.9 Å². The van der Waals surface area contributed by atoms with Gasteiger partial charge in [-0.2, -0.15) is 0 Å². The topological polar surface area (TPSA) is 32.3 Å². The second-order valence-electron chi connectivity index (χ2n) is 7.46. The van der Waals surface area contributed by atoms with Crippen LogP contribution in [0.2, 0.25) is 5.02 Å². The van der Waals surface area contributed by atoms with Crippen LogP contribution in [-0.2, 0) is 11.2 Å². The minimum absolute atomic E-state index is 0.108. The Bertz CT molecular complexity index is 624. The van der Waals surface area contributed by atoms with Crippen molar-refractivity contribution < 1.29 is 4.79 Å². The van der Waals surface area contributed by atoms with Crippen molar-refractivity contribution in [2.45, 2.75) is 64.5 Å². The molecule has 1 saturated heterocycles. The van der Waals surface area contributed by atoms with Crippen molar-refractivity contribution in [2.24, 2.45) is 0 Å². The van der Waals surface area contributed by atoms with E-state index < -0.39 is 0 Å². The molecule has 3 nitrogen and oxygen atoms in total. The summed E-state index contributed by atoms with van der Waals surface area (Å²) in [5, 5.41) is 4.35. The molecule has 0 amide bonds. The number of carbonyl (C=O) groups excluding carboxylic acids is 1. The Morgan fingerprint density at radius 3 is 2.36 bits per heavy atom. The quantitative estimate of drug-likeness (QED) is 0.818. The molecule has 0 aromatic heterocycles. The van der Waals surface area contributed by atoms with Crippen LogP contribution in [-0.4, -0.2) is 35.9 Å². The van der Waals surface area contributed by atoms with Crippen molar-refractivity contribution in [3.63, 3.8) is 0 Å². The molecule has 1 atom stereocenters. The van der Waals surface area contributed by atoms with E-state index in [1.54, 1.807) is 12.5 Å². The SMILES string of the molecule is CC(=O)[C@@H](Cc1ccc(Cl)cc1)NC1CCN(C(C)=C2CCC2)CC1. The van der Waals surface area contributed by atoms with Crippen LogP contribution in [0.4, 0.5) is 0 Å². The fraction of sp³-hybridized carbons (Fsp3) is 0.571. The number of nitrogens with one attached hydrogen (secondary N) is 1. The fourth-order valence-electron chi connectivity index (χ4n) is 3.78. The summed E-state index contributed by atoms with van der Waals surface area (Å²) in [5.74, 6) is 0.213. The van der Waals surface area contributed by atoms with Gasteiger partial charge in [0.05, 0.1) is 6.04 Å². The maximum Gasteiger partial charge on any atom is 0.147 e. The summed E-state index contributed by atoms with van der Waals surface area (Å²) in [6, 6.07) is 8.13. The van der Waals surface area contributed by atoms with Gasteiger partial charge in [0.1, 0.15) is 5.78 Å². The minimum Gasteiger partial charge on any atom is -0.375 e. The van der Waals surface area contributed by atoms with E-state index in [0.29, 0.717) is 6.04 Å². The van der Waals surface area contributed by atoms with Gasteiger partial charge in [0.2, 0.25) is 0 Å². The maximum absolute atomic E-state index is 12.1. The molecule has 2 fully saturated rings. The second kappa shape index (κ2) is 8.37. The largest absolute Gasteiger partial charge is 0.375 e. The zero-order chi connectivity index (χ0) is 17.8. The molecule has 25 heavy (non-hydrogen) atoms. The predicted octanol–water partition coefficient (Wildman–Crippen LogP) is 4.35. The molecule has 4 heteroatoms. The molecule has 1 saturated carbocycles. The summed E-state index contributed by atoms with van der Waals surface area (Å²) < 4.78 is 0. The average Bonchev–Trinajstić information content (AvgIpc) is 2.55. The molecular formula is C21H29ClN2O. The second-order valence-corrected chi connectivity index (χ2v) is 7.90. The van der Waals surface area contributed by atoms with Gasteiger partial charge < -0.3 is 10.2 Å². The first-order valence-electron chi connectivity index (χ1n) is 9.47. The number of halogens is 1. The smallest absolute Gasteiger partial charge is 0.147 e. The number of nitrogens with zero attached hydrogens (tertiary/aromatic N) is 1. The molecule has 0 radical (unpaired) electrons. The van der Waals surface area contributed by atoms with Crippen molar-refractivity contribution in [1.82, 2.24) is 10.2 Å². The highest BCUT2D eigenvalue weighted by Gasteiger charge is 2.25. The molecule has 0 bridgehead atoms. The van der Waals surface area contributed by atoms with E-state index in [1.807, 2.05) is 24.3 Å². The van der Waals surface area contributed by atoms with Gasteiger partial charge in [-0.25, -0.2) is 0 Å². The third-order valence-corrected chi connectivity index (χ3v) is 5.97. The first kappa shape index (κ1) is 18.5. The molecular weight excluding hydrogens is 332 g/mol. The Balaban J connectivity index is 1.53. The molecule has 0 unspecified atom stereocenters. The van der Waals surface area contributed by atoms with Gasteiger partial charge in [-0.3, -0.25) is 4.79 Å². The van der Waals surface area contributed by atoms with Crippen molar-refractivity contribution >= 4 is 17.4 Å². The van der Waals surface area contributed by atoms with E-state index in [-0.39, 0.29) is 11.8 Å². The first-order chi connectivity index (χ1) is 12.0. The van der Waals surface area contributed by atoms with Crippen LogP contribution in [0.15, 0.2) is 35.5 Å². The number of rotatable bonds is 6.